The molecule has 4 nitrogen and oxygen atoms in total. The van der Waals surface area contributed by atoms with Crippen LogP contribution in [0, 0.1) is 5.92 Å². The van der Waals surface area contributed by atoms with Crippen LogP contribution < -0.4 is 4.72 Å². The average Bonchev–Trinajstić information content (AvgIpc) is 3.15. The quantitative estimate of drug-likeness (QED) is 0.784. The first-order valence-corrected chi connectivity index (χ1v) is 8.91. The van der Waals surface area contributed by atoms with Crippen molar-refractivity contribution >= 4 is 37.6 Å². The number of hydrogen-bond acceptors (Lipinski definition) is 3. The van der Waals surface area contributed by atoms with Gasteiger partial charge in [0.1, 0.15) is 10.0 Å². The summed E-state index contributed by atoms with van der Waals surface area (Å²) in [5.74, 6) is 0.670. The molecule has 7 heteroatoms. The van der Waals surface area contributed by atoms with Crippen LogP contribution in [0.5, 0.6) is 0 Å². The minimum absolute atomic E-state index is 0.00280. The summed E-state index contributed by atoms with van der Waals surface area (Å²) in [6.45, 7) is 1.98. The van der Waals surface area contributed by atoms with E-state index in [1.165, 1.54) is 25.1 Å². The molecule has 0 aliphatic heterocycles. The highest BCUT2D eigenvalue weighted by molar-refractivity contribution is 9.10. The molecule has 0 aromatic carbocycles. The van der Waals surface area contributed by atoms with Crippen molar-refractivity contribution in [3.8, 4) is 0 Å². The maximum Gasteiger partial charge on any atom is 0.243 e. The minimum atomic E-state index is -3.62. The number of pyridine rings is 1. The van der Waals surface area contributed by atoms with Crippen LogP contribution in [0.15, 0.2) is 21.6 Å². The topological polar surface area (TPSA) is 59.1 Å². The lowest BCUT2D eigenvalue weighted by molar-refractivity contribution is 0.495. The summed E-state index contributed by atoms with van der Waals surface area (Å²) >= 11 is 9.08. The van der Waals surface area contributed by atoms with E-state index in [0.717, 1.165) is 12.8 Å². The van der Waals surface area contributed by atoms with Gasteiger partial charge in [-0.25, -0.2) is 18.1 Å². The first-order valence-electron chi connectivity index (χ1n) is 6.25. The lowest BCUT2D eigenvalue weighted by Crippen LogP contribution is -2.35. The van der Waals surface area contributed by atoms with Gasteiger partial charge in [-0.05, 0) is 40.8 Å². The van der Waals surface area contributed by atoms with Gasteiger partial charge in [0, 0.05) is 16.7 Å². The fourth-order valence-corrected chi connectivity index (χ4v) is 4.21. The van der Waals surface area contributed by atoms with Crippen molar-refractivity contribution in [2.24, 2.45) is 5.92 Å². The standard InChI is InChI=1S/C12H16BrClN2O2S/c1-2-10(5-8-3-4-8)16-19(17,18)11-6-9(13)7-15-12(11)14/h6-8,10,16H,2-5H2,1H3. The van der Waals surface area contributed by atoms with E-state index in [1.54, 1.807) is 0 Å². The number of rotatable bonds is 6. The summed E-state index contributed by atoms with van der Waals surface area (Å²) < 4.78 is 28.0. The largest absolute Gasteiger partial charge is 0.243 e. The zero-order valence-electron chi connectivity index (χ0n) is 10.6. The molecule has 2 rings (SSSR count). The first kappa shape index (κ1) is 15.2. The predicted octanol–water partition coefficient (Wildman–Crippen LogP) is 3.35. The molecule has 106 valence electrons. The normalized spacial score (nSPS) is 17.4. The summed E-state index contributed by atoms with van der Waals surface area (Å²) in [5.41, 5.74) is 0. The molecular formula is C12H16BrClN2O2S. The van der Waals surface area contributed by atoms with Gasteiger partial charge in [0.05, 0.1) is 0 Å². The van der Waals surface area contributed by atoms with Crippen LogP contribution in [0.3, 0.4) is 0 Å². The van der Waals surface area contributed by atoms with E-state index < -0.39 is 10.0 Å². The maximum atomic E-state index is 12.3. The van der Waals surface area contributed by atoms with Gasteiger partial charge in [-0.3, -0.25) is 0 Å². The fourth-order valence-electron chi connectivity index (χ4n) is 1.93. The van der Waals surface area contributed by atoms with Crippen LogP contribution in [-0.2, 0) is 10.0 Å². The van der Waals surface area contributed by atoms with Crippen molar-refractivity contribution in [1.29, 1.82) is 0 Å². The Morgan fingerprint density at radius 1 is 1.58 bits per heavy atom. The van der Waals surface area contributed by atoms with Gasteiger partial charge in [-0.15, -0.1) is 0 Å². The average molecular weight is 368 g/mol. The van der Waals surface area contributed by atoms with Gasteiger partial charge in [0.25, 0.3) is 0 Å². The third kappa shape index (κ3) is 4.15. The molecule has 1 atom stereocenters. The number of nitrogens with zero attached hydrogens (tertiary/aromatic N) is 1. The van der Waals surface area contributed by atoms with E-state index in [1.807, 2.05) is 6.92 Å². The second-order valence-corrected chi connectivity index (χ2v) is 7.80. The van der Waals surface area contributed by atoms with Gasteiger partial charge in [0.15, 0.2) is 0 Å². The molecular weight excluding hydrogens is 352 g/mol. The number of aromatic nitrogens is 1. The third-order valence-electron chi connectivity index (χ3n) is 3.19. The second kappa shape index (κ2) is 6.08. The van der Waals surface area contributed by atoms with Crippen LogP contribution in [0.1, 0.15) is 32.6 Å². The van der Waals surface area contributed by atoms with E-state index >= 15 is 0 Å². The van der Waals surface area contributed by atoms with E-state index in [9.17, 15) is 8.42 Å². The predicted molar refractivity (Wildman–Crippen MR) is 78.7 cm³/mol. The highest BCUT2D eigenvalue weighted by Gasteiger charge is 2.28. The van der Waals surface area contributed by atoms with Crippen molar-refractivity contribution < 1.29 is 8.42 Å². The van der Waals surface area contributed by atoms with E-state index in [4.69, 9.17) is 11.6 Å². The Morgan fingerprint density at radius 3 is 2.84 bits per heavy atom. The molecule has 1 aliphatic carbocycles. The molecule has 1 fully saturated rings. The van der Waals surface area contributed by atoms with Crippen molar-refractivity contribution in [2.45, 2.75) is 43.5 Å². The van der Waals surface area contributed by atoms with Crippen molar-refractivity contribution in [3.05, 3.63) is 21.9 Å². The molecule has 0 bridgehead atoms. The van der Waals surface area contributed by atoms with Crippen LogP contribution in [0.4, 0.5) is 0 Å². The van der Waals surface area contributed by atoms with Gasteiger partial charge in [0.2, 0.25) is 10.0 Å². The summed E-state index contributed by atoms with van der Waals surface area (Å²) in [6.07, 6.45) is 5.56. The van der Waals surface area contributed by atoms with Crippen LogP contribution in [-0.4, -0.2) is 19.4 Å². The minimum Gasteiger partial charge on any atom is -0.242 e. The van der Waals surface area contributed by atoms with Crippen LogP contribution in [0.2, 0.25) is 5.15 Å². The monoisotopic (exact) mass is 366 g/mol. The Morgan fingerprint density at radius 2 is 2.26 bits per heavy atom. The Hall–Kier alpha value is -0.170. The summed E-state index contributed by atoms with van der Waals surface area (Å²) in [7, 11) is -3.62. The van der Waals surface area contributed by atoms with E-state index in [0.29, 0.717) is 10.4 Å². The van der Waals surface area contributed by atoms with Crippen molar-refractivity contribution in [3.63, 3.8) is 0 Å². The van der Waals surface area contributed by atoms with Crippen LogP contribution >= 0.6 is 27.5 Å². The molecule has 0 amide bonds. The van der Waals surface area contributed by atoms with Gasteiger partial charge < -0.3 is 0 Å². The Balaban J connectivity index is 2.18. The van der Waals surface area contributed by atoms with Crippen molar-refractivity contribution in [1.82, 2.24) is 9.71 Å². The highest BCUT2D eigenvalue weighted by atomic mass is 79.9. The zero-order valence-corrected chi connectivity index (χ0v) is 13.7. The summed E-state index contributed by atoms with van der Waals surface area (Å²) in [6, 6.07) is 1.44. The van der Waals surface area contributed by atoms with E-state index in [2.05, 4.69) is 25.6 Å². The molecule has 1 aromatic heterocycles. The SMILES string of the molecule is CCC(CC1CC1)NS(=O)(=O)c1cc(Br)cnc1Cl. The molecule has 1 heterocycles. The number of halogens is 2. The first-order chi connectivity index (χ1) is 8.92. The lowest BCUT2D eigenvalue weighted by atomic mass is 10.1. The second-order valence-electron chi connectivity index (χ2n) is 4.85. The molecule has 1 N–H and O–H groups in total. The van der Waals surface area contributed by atoms with Gasteiger partial charge in [-0.1, -0.05) is 31.4 Å². The van der Waals surface area contributed by atoms with Gasteiger partial charge in [-0.2, -0.15) is 0 Å². The Labute approximate surface area is 127 Å². The number of sulfonamides is 1. The molecule has 19 heavy (non-hydrogen) atoms. The molecule has 0 spiro atoms. The molecule has 1 unspecified atom stereocenters. The number of hydrogen-bond donors (Lipinski definition) is 1. The molecule has 0 radical (unpaired) electrons. The summed E-state index contributed by atoms with van der Waals surface area (Å²) in [4.78, 5) is 3.88. The Kier molecular flexibility index (Phi) is 4.87. The number of nitrogens with one attached hydrogen (secondary N) is 1. The smallest absolute Gasteiger partial charge is 0.242 e. The molecule has 1 aliphatic rings. The molecule has 1 saturated carbocycles. The lowest BCUT2D eigenvalue weighted by Gasteiger charge is -2.17. The summed E-state index contributed by atoms with van der Waals surface area (Å²) in [5, 5.41) is -0.00280. The van der Waals surface area contributed by atoms with E-state index in [-0.39, 0.29) is 16.1 Å². The van der Waals surface area contributed by atoms with Gasteiger partial charge >= 0.3 is 0 Å². The third-order valence-corrected chi connectivity index (χ3v) is 5.57. The Bertz CT molecular complexity index is 561. The molecule has 1 aromatic rings. The fraction of sp³-hybridized carbons (Fsp3) is 0.583. The molecule has 0 saturated heterocycles. The zero-order chi connectivity index (χ0) is 14.0. The highest BCUT2D eigenvalue weighted by Crippen LogP contribution is 2.34. The van der Waals surface area contributed by atoms with Crippen molar-refractivity contribution in [2.75, 3.05) is 0 Å². The maximum absolute atomic E-state index is 12.3. The van der Waals surface area contributed by atoms with Crippen LogP contribution in [0.25, 0.3) is 0 Å².